The molecule has 0 spiro atoms. The molecule has 0 aliphatic heterocycles. The summed E-state index contributed by atoms with van der Waals surface area (Å²) in [6.45, 7) is 4.93. The molecule has 1 amide bonds. The van der Waals surface area contributed by atoms with Crippen LogP contribution in [0.3, 0.4) is 0 Å². The second kappa shape index (κ2) is 5.37. The predicted molar refractivity (Wildman–Crippen MR) is 78.3 cm³/mol. The van der Waals surface area contributed by atoms with Crippen LogP contribution in [0.25, 0.3) is 0 Å². The van der Waals surface area contributed by atoms with Gasteiger partial charge in [0.2, 0.25) is 0 Å². The van der Waals surface area contributed by atoms with Gasteiger partial charge in [0.05, 0.1) is 4.90 Å². The van der Waals surface area contributed by atoms with Crippen LogP contribution >= 0.6 is 10.7 Å². The first kappa shape index (κ1) is 15.3. The molecule has 1 aliphatic rings. The normalized spacial score (nSPS) is 17.0. The number of carbonyl (C=O) groups is 1. The summed E-state index contributed by atoms with van der Waals surface area (Å²) in [7, 11) is 1.47. The van der Waals surface area contributed by atoms with Gasteiger partial charge in [0.25, 0.3) is 15.0 Å². The number of halogens is 1. The van der Waals surface area contributed by atoms with E-state index < -0.39 is 9.05 Å². The maximum absolute atomic E-state index is 12.1. The Kier molecular flexibility index (Phi) is 4.12. The average molecular weight is 316 g/mol. The smallest absolute Gasteiger partial charge is 0.261 e. The van der Waals surface area contributed by atoms with E-state index in [0.717, 1.165) is 12.8 Å². The summed E-state index contributed by atoms with van der Waals surface area (Å²) in [5.41, 5.74) is 0.525. The van der Waals surface area contributed by atoms with Crippen molar-refractivity contribution in [2.75, 3.05) is 6.54 Å². The molecule has 0 bridgehead atoms. The van der Waals surface area contributed by atoms with Crippen molar-refractivity contribution in [3.8, 4) is 0 Å². The lowest BCUT2D eigenvalue weighted by Crippen LogP contribution is -2.32. The monoisotopic (exact) mass is 315 g/mol. The lowest BCUT2D eigenvalue weighted by molar-refractivity contribution is 0.0939. The van der Waals surface area contributed by atoms with Gasteiger partial charge >= 0.3 is 0 Å². The number of nitrogens with one attached hydrogen (secondary N) is 1. The Balaban J connectivity index is 2.07. The maximum atomic E-state index is 12.1. The van der Waals surface area contributed by atoms with E-state index >= 15 is 0 Å². The van der Waals surface area contributed by atoms with Gasteiger partial charge in [0.1, 0.15) is 0 Å². The van der Waals surface area contributed by atoms with Gasteiger partial charge in [-0.2, -0.15) is 0 Å². The second-order valence-electron chi connectivity index (χ2n) is 5.67. The number of carbonyl (C=O) groups excluding carboxylic acids is 1. The molecule has 0 saturated heterocycles. The molecule has 0 unspecified atom stereocenters. The molecule has 1 aromatic rings. The van der Waals surface area contributed by atoms with Crippen molar-refractivity contribution in [2.24, 2.45) is 11.3 Å². The minimum atomic E-state index is -3.81. The molecule has 0 radical (unpaired) electrons. The first-order valence-electron chi connectivity index (χ1n) is 6.57. The third-order valence-electron chi connectivity index (χ3n) is 4.10. The van der Waals surface area contributed by atoms with Crippen LogP contribution in [0.15, 0.2) is 29.2 Å². The van der Waals surface area contributed by atoms with Gasteiger partial charge in [-0.15, -0.1) is 0 Å². The third-order valence-corrected chi connectivity index (χ3v) is 5.45. The van der Waals surface area contributed by atoms with Crippen LogP contribution in [0.5, 0.6) is 0 Å². The highest BCUT2D eigenvalue weighted by Crippen LogP contribution is 2.51. The quantitative estimate of drug-likeness (QED) is 0.850. The topological polar surface area (TPSA) is 63.2 Å². The van der Waals surface area contributed by atoms with E-state index in [1.807, 2.05) is 0 Å². The Morgan fingerprint density at radius 2 is 2.05 bits per heavy atom. The van der Waals surface area contributed by atoms with Crippen molar-refractivity contribution in [3.63, 3.8) is 0 Å². The van der Waals surface area contributed by atoms with Crippen LogP contribution in [-0.2, 0) is 9.05 Å². The highest BCUT2D eigenvalue weighted by atomic mass is 35.7. The van der Waals surface area contributed by atoms with E-state index in [1.54, 1.807) is 6.07 Å². The molecule has 0 atom stereocenters. The van der Waals surface area contributed by atoms with Crippen molar-refractivity contribution in [1.82, 2.24) is 5.32 Å². The highest BCUT2D eigenvalue weighted by Gasteiger charge is 2.45. The van der Waals surface area contributed by atoms with Crippen molar-refractivity contribution in [2.45, 2.75) is 31.6 Å². The molecule has 0 heterocycles. The Hall–Kier alpha value is -1.07. The fourth-order valence-corrected chi connectivity index (χ4v) is 3.06. The molecule has 6 heteroatoms. The molecule has 0 aromatic heterocycles. The molecule has 1 N–H and O–H groups in total. The molecular formula is C14H18ClNO3S. The lowest BCUT2D eigenvalue weighted by Gasteiger charge is -2.20. The van der Waals surface area contributed by atoms with E-state index in [1.165, 1.54) is 18.2 Å². The summed E-state index contributed by atoms with van der Waals surface area (Å²) in [4.78, 5) is 12.0. The van der Waals surface area contributed by atoms with Crippen molar-refractivity contribution in [1.29, 1.82) is 0 Å². The molecule has 2 rings (SSSR count). The summed E-state index contributed by atoms with van der Waals surface area (Å²) in [5, 5.41) is 2.88. The van der Waals surface area contributed by atoms with Gasteiger partial charge in [-0.1, -0.05) is 19.9 Å². The van der Waals surface area contributed by atoms with Gasteiger partial charge in [-0.05, 0) is 42.4 Å². The molecule has 20 heavy (non-hydrogen) atoms. The Morgan fingerprint density at radius 1 is 1.40 bits per heavy atom. The molecule has 1 aromatic carbocycles. The molecular weight excluding hydrogens is 298 g/mol. The van der Waals surface area contributed by atoms with Crippen molar-refractivity contribution >= 4 is 25.6 Å². The zero-order valence-electron chi connectivity index (χ0n) is 11.5. The summed E-state index contributed by atoms with van der Waals surface area (Å²) in [5.74, 6) is 0.261. The van der Waals surface area contributed by atoms with E-state index in [-0.39, 0.29) is 16.2 Å². The van der Waals surface area contributed by atoms with E-state index in [2.05, 4.69) is 19.2 Å². The van der Waals surface area contributed by atoms with E-state index in [9.17, 15) is 13.2 Å². The van der Waals surface area contributed by atoms with Crippen molar-refractivity contribution < 1.29 is 13.2 Å². The van der Waals surface area contributed by atoms with Crippen LogP contribution in [0.1, 0.15) is 37.0 Å². The lowest BCUT2D eigenvalue weighted by atomic mass is 9.92. The maximum Gasteiger partial charge on any atom is 0.261 e. The number of benzene rings is 1. The average Bonchev–Trinajstić information content (AvgIpc) is 3.16. The zero-order chi connectivity index (χ0) is 15.0. The largest absolute Gasteiger partial charge is 0.351 e. The standard InChI is InChI=1S/C14H18ClNO3S/c1-10(2)14(6-7-14)9-16-13(17)11-4-3-5-12(8-11)20(15,18)19/h3-5,8,10H,6-7,9H2,1-2H3,(H,16,17). The van der Waals surface area contributed by atoms with E-state index in [0.29, 0.717) is 18.0 Å². The first-order valence-corrected chi connectivity index (χ1v) is 8.88. The van der Waals surface area contributed by atoms with Crippen LogP contribution in [0, 0.1) is 11.3 Å². The fourth-order valence-electron chi connectivity index (χ4n) is 2.27. The van der Waals surface area contributed by atoms with Gasteiger partial charge < -0.3 is 5.32 Å². The van der Waals surface area contributed by atoms with Gasteiger partial charge in [0, 0.05) is 22.8 Å². The summed E-state index contributed by atoms with van der Waals surface area (Å²) < 4.78 is 22.5. The summed E-state index contributed by atoms with van der Waals surface area (Å²) >= 11 is 0. The third kappa shape index (κ3) is 3.33. The van der Waals surface area contributed by atoms with Gasteiger partial charge in [0.15, 0.2) is 0 Å². The molecule has 1 fully saturated rings. The Morgan fingerprint density at radius 3 is 2.55 bits per heavy atom. The number of hydrogen-bond donors (Lipinski definition) is 1. The van der Waals surface area contributed by atoms with Crippen LogP contribution < -0.4 is 5.32 Å². The van der Waals surface area contributed by atoms with Gasteiger partial charge in [-0.3, -0.25) is 4.79 Å². The second-order valence-corrected chi connectivity index (χ2v) is 8.23. The number of rotatable bonds is 5. The minimum Gasteiger partial charge on any atom is -0.351 e. The minimum absolute atomic E-state index is 0.0585. The first-order chi connectivity index (χ1) is 9.24. The zero-order valence-corrected chi connectivity index (χ0v) is 13.1. The van der Waals surface area contributed by atoms with Crippen LogP contribution in [-0.4, -0.2) is 20.9 Å². The molecule has 1 aliphatic carbocycles. The van der Waals surface area contributed by atoms with E-state index in [4.69, 9.17) is 10.7 Å². The Labute approximate surface area is 123 Å². The molecule has 1 saturated carbocycles. The fraction of sp³-hybridized carbons (Fsp3) is 0.500. The predicted octanol–water partition coefficient (Wildman–Crippen LogP) is 2.78. The number of amides is 1. The molecule has 110 valence electrons. The van der Waals surface area contributed by atoms with Crippen LogP contribution in [0.4, 0.5) is 0 Å². The Bertz CT molecular complexity index is 621. The summed E-state index contributed by atoms with van der Waals surface area (Å²) in [6, 6.07) is 5.76. The summed E-state index contributed by atoms with van der Waals surface area (Å²) in [6.07, 6.45) is 2.25. The van der Waals surface area contributed by atoms with Crippen molar-refractivity contribution in [3.05, 3.63) is 29.8 Å². The van der Waals surface area contributed by atoms with Gasteiger partial charge in [-0.25, -0.2) is 8.42 Å². The highest BCUT2D eigenvalue weighted by molar-refractivity contribution is 8.13. The molecule has 4 nitrogen and oxygen atoms in total. The number of hydrogen-bond acceptors (Lipinski definition) is 3. The SMILES string of the molecule is CC(C)C1(CNC(=O)c2cccc(S(=O)(=O)Cl)c2)CC1. The van der Waals surface area contributed by atoms with Crippen LogP contribution in [0.2, 0.25) is 0 Å².